The largest absolute Gasteiger partial charge is 0.418 e. The molecule has 36 heavy (non-hydrogen) atoms. The minimum absolute atomic E-state index is 0.321. The molecule has 5 rings (SSSR count). The van der Waals surface area contributed by atoms with Gasteiger partial charge in [-0.1, -0.05) is 35.9 Å². The number of nitrogens with zero attached hydrogens (tertiary/aromatic N) is 2. The second-order valence-corrected chi connectivity index (χ2v) is 10.2. The van der Waals surface area contributed by atoms with Crippen LogP contribution in [-0.4, -0.2) is 15.5 Å². The van der Waals surface area contributed by atoms with E-state index in [0.29, 0.717) is 21.6 Å². The molecule has 0 fully saturated rings. The van der Waals surface area contributed by atoms with Crippen LogP contribution >= 0.6 is 11.3 Å². The van der Waals surface area contributed by atoms with Gasteiger partial charge in [-0.3, -0.25) is 14.2 Å². The van der Waals surface area contributed by atoms with Crippen molar-refractivity contribution in [2.75, 3.05) is 5.32 Å². The predicted molar refractivity (Wildman–Crippen MR) is 135 cm³/mol. The molecule has 186 valence electrons. The topological polar surface area (TPSA) is 64.0 Å². The van der Waals surface area contributed by atoms with E-state index in [2.05, 4.69) is 5.32 Å². The van der Waals surface area contributed by atoms with E-state index >= 15 is 0 Å². The molecule has 0 bridgehead atoms. The van der Waals surface area contributed by atoms with E-state index in [4.69, 9.17) is 4.98 Å². The van der Waals surface area contributed by atoms with Gasteiger partial charge in [0.15, 0.2) is 0 Å². The van der Waals surface area contributed by atoms with Crippen LogP contribution in [0.3, 0.4) is 0 Å². The highest BCUT2D eigenvalue weighted by atomic mass is 32.1. The number of halogens is 3. The van der Waals surface area contributed by atoms with E-state index in [9.17, 15) is 22.8 Å². The molecule has 0 spiro atoms. The van der Waals surface area contributed by atoms with Crippen LogP contribution in [0.2, 0.25) is 0 Å². The number of para-hydroxylation sites is 1. The first-order chi connectivity index (χ1) is 17.1. The zero-order valence-corrected chi connectivity index (χ0v) is 20.6. The van der Waals surface area contributed by atoms with Crippen molar-refractivity contribution in [2.24, 2.45) is 0 Å². The SMILES string of the molecule is Cc1cccc(-c2nc3sc4c(c3c(=O)n2C(C)C(=O)Nc2ccccc2C(F)(F)F)CCCC4)c1. The summed E-state index contributed by atoms with van der Waals surface area (Å²) in [5.41, 5.74) is 0.956. The molecule has 9 heteroatoms. The van der Waals surface area contributed by atoms with Crippen molar-refractivity contribution in [3.63, 3.8) is 0 Å². The minimum atomic E-state index is -4.63. The number of hydrogen-bond acceptors (Lipinski definition) is 4. The molecule has 0 aliphatic heterocycles. The van der Waals surface area contributed by atoms with Gasteiger partial charge in [0.05, 0.1) is 16.6 Å². The number of hydrogen-bond donors (Lipinski definition) is 1. The number of aromatic nitrogens is 2. The first-order valence-corrected chi connectivity index (χ1v) is 12.6. The summed E-state index contributed by atoms with van der Waals surface area (Å²) in [5, 5.41) is 2.91. The van der Waals surface area contributed by atoms with Crippen molar-refractivity contribution in [1.82, 2.24) is 9.55 Å². The maximum atomic E-state index is 13.9. The molecule has 2 aromatic heterocycles. The Morgan fingerprint density at radius 2 is 1.86 bits per heavy atom. The fourth-order valence-electron chi connectivity index (χ4n) is 4.76. The molecule has 1 N–H and O–H groups in total. The number of benzene rings is 2. The van der Waals surface area contributed by atoms with Gasteiger partial charge in [-0.2, -0.15) is 13.2 Å². The molecule has 2 aromatic carbocycles. The maximum Gasteiger partial charge on any atom is 0.418 e. The number of thiophene rings is 1. The van der Waals surface area contributed by atoms with Crippen LogP contribution in [0.15, 0.2) is 53.3 Å². The number of carbonyl (C=O) groups is 1. The van der Waals surface area contributed by atoms with Crippen molar-refractivity contribution < 1.29 is 18.0 Å². The zero-order valence-electron chi connectivity index (χ0n) is 19.8. The molecule has 1 aliphatic rings. The lowest BCUT2D eigenvalue weighted by Gasteiger charge is -2.21. The Hall–Kier alpha value is -3.46. The van der Waals surface area contributed by atoms with E-state index in [0.717, 1.165) is 47.8 Å². The van der Waals surface area contributed by atoms with Gasteiger partial charge in [-0.15, -0.1) is 11.3 Å². The third kappa shape index (κ3) is 4.32. The summed E-state index contributed by atoms with van der Waals surface area (Å²) in [6.07, 6.45) is -0.944. The number of alkyl halides is 3. The van der Waals surface area contributed by atoms with Gasteiger partial charge in [-0.25, -0.2) is 4.98 Å². The van der Waals surface area contributed by atoms with Gasteiger partial charge in [0.25, 0.3) is 5.56 Å². The molecular weight excluding hydrogens is 487 g/mol. The van der Waals surface area contributed by atoms with Crippen LogP contribution in [0.25, 0.3) is 21.6 Å². The number of anilines is 1. The Morgan fingerprint density at radius 3 is 2.61 bits per heavy atom. The Bertz CT molecular complexity index is 1540. The van der Waals surface area contributed by atoms with Gasteiger partial charge >= 0.3 is 6.18 Å². The normalized spacial score (nSPS) is 14.5. The second kappa shape index (κ2) is 9.20. The maximum absolute atomic E-state index is 13.9. The molecule has 0 saturated heterocycles. The van der Waals surface area contributed by atoms with Gasteiger partial charge in [0.1, 0.15) is 16.7 Å². The Kier molecular flexibility index (Phi) is 6.20. The van der Waals surface area contributed by atoms with E-state index in [-0.39, 0.29) is 11.2 Å². The zero-order chi connectivity index (χ0) is 25.6. The highest BCUT2D eigenvalue weighted by molar-refractivity contribution is 7.18. The van der Waals surface area contributed by atoms with E-state index in [1.165, 1.54) is 41.0 Å². The van der Waals surface area contributed by atoms with Crippen LogP contribution in [-0.2, 0) is 23.8 Å². The third-order valence-electron chi connectivity index (χ3n) is 6.55. The number of amides is 1. The molecule has 1 amide bonds. The van der Waals surface area contributed by atoms with Crippen LogP contribution in [0.1, 0.15) is 47.4 Å². The molecule has 1 atom stereocenters. The quantitative estimate of drug-likeness (QED) is 0.339. The summed E-state index contributed by atoms with van der Waals surface area (Å²) in [5.74, 6) is -0.408. The lowest BCUT2D eigenvalue weighted by atomic mass is 9.97. The van der Waals surface area contributed by atoms with Gasteiger partial charge in [0.2, 0.25) is 5.91 Å². The smallest absolute Gasteiger partial charge is 0.324 e. The molecule has 0 saturated carbocycles. The van der Waals surface area contributed by atoms with E-state index < -0.39 is 23.7 Å². The van der Waals surface area contributed by atoms with Crippen LogP contribution in [0.4, 0.5) is 18.9 Å². The lowest BCUT2D eigenvalue weighted by molar-refractivity contribution is -0.137. The molecule has 0 radical (unpaired) electrons. The number of rotatable bonds is 4. The van der Waals surface area contributed by atoms with Crippen molar-refractivity contribution in [1.29, 1.82) is 0 Å². The molecule has 2 heterocycles. The van der Waals surface area contributed by atoms with E-state index in [1.54, 1.807) is 0 Å². The lowest BCUT2D eigenvalue weighted by Crippen LogP contribution is -2.34. The fourth-order valence-corrected chi connectivity index (χ4v) is 6.01. The van der Waals surface area contributed by atoms with Crippen molar-refractivity contribution in [2.45, 2.75) is 51.7 Å². The molecule has 5 nitrogen and oxygen atoms in total. The van der Waals surface area contributed by atoms with Gasteiger partial charge < -0.3 is 5.32 Å². The Labute approximate surface area is 209 Å². The number of nitrogens with one attached hydrogen (secondary N) is 1. The van der Waals surface area contributed by atoms with Crippen LogP contribution in [0.5, 0.6) is 0 Å². The Morgan fingerprint density at radius 1 is 1.11 bits per heavy atom. The summed E-state index contributed by atoms with van der Waals surface area (Å²) in [6.45, 7) is 3.43. The average Bonchev–Trinajstić information content (AvgIpc) is 3.22. The standard InChI is InChI=1S/C27H24F3N3O2S/c1-15-8-7-9-17(14-15)23-32-25-22(18-10-3-6-13-21(18)36-25)26(35)33(23)16(2)24(34)31-20-12-5-4-11-19(20)27(28,29)30/h4-5,7-9,11-12,14,16H,3,6,10,13H2,1-2H3,(H,31,34). The summed E-state index contributed by atoms with van der Waals surface area (Å²) in [6, 6.07) is 11.1. The first-order valence-electron chi connectivity index (χ1n) is 11.8. The van der Waals surface area contributed by atoms with Crippen LogP contribution < -0.4 is 10.9 Å². The van der Waals surface area contributed by atoms with E-state index in [1.807, 2.05) is 31.2 Å². The molecule has 4 aromatic rings. The van der Waals surface area contributed by atoms with Crippen LogP contribution in [0, 0.1) is 6.92 Å². The second-order valence-electron chi connectivity index (χ2n) is 9.08. The van der Waals surface area contributed by atoms with Gasteiger partial charge in [-0.05, 0) is 63.3 Å². The summed E-state index contributed by atoms with van der Waals surface area (Å²) >= 11 is 1.51. The molecule has 1 aliphatic carbocycles. The monoisotopic (exact) mass is 511 g/mol. The number of fused-ring (bicyclic) bond motifs is 3. The predicted octanol–water partition coefficient (Wildman–Crippen LogP) is 6.53. The summed E-state index contributed by atoms with van der Waals surface area (Å²) < 4.78 is 41.8. The number of aryl methyl sites for hydroxylation is 3. The number of carbonyl (C=O) groups excluding carboxylic acids is 1. The average molecular weight is 512 g/mol. The Balaban J connectivity index is 1.66. The summed E-state index contributed by atoms with van der Waals surface area (Å²) in [7, 11) is 0. The molecular formula is C27H24F3N3O2S. The first kappa shape index (κ1) is 24.2. The minimum Gasteiger partial charge on any atom is -0.324 e. The molecule has 1 unspecified atom stereocenters. The fraction of sp³-hybridized carbons (Fsp3) is 0.296. The third-order valence-corrected chi connectivity index (χ3v) is 7.74. The highest BCUT2D eigenvalue weighted by Crippen LogP contribution is 2.37. The van der Waals surface area contributed by atoms with Crippen molar-refractivity contribution >= 4 is 33.1 Å². The van der Waals surface area contributed by atoms with Crippen molar-refractivity contribution in [3.8, 4) is 11.4 Å². The van der Waals surface area contributed by atoms with Gasteiger partial charge in [0, 0.05) is 10.4 Å². The summed E-state index contributed by atoms with van der Waals surface area (Å²) in [4.78, 5) is 33.8. The van der Waals surface area contributed by atoms with Crippen molar-refractivity contribution in [3.05, 3.63) is 80.5 Å². The highest BCUT2D eigenvalue weighted by Gasteiger charge is 2.34.